The number of anilines is 1. The molecule has 180 valence electrons. The number of aryl methyl sites for hydroxylation is 1. The summed E-state index contributed by atoms with van der Waals surface area (Å²) < 4.78 is 28.3. The molecule has 0 atom stereocenters. The molecule has 0 unspecified atom stereocenters. The first kappa shape index (κ1) is 25.0. The van der Waals surface area contributed by atoms with Crippen molar-refractivity contribution in [3.05, 3.63) is 99.3 Å². The van der Waals surface area contributed by atoms with Gasteiger partial charge in [0.05, 0.1) is 17.3 Å². The smallest absolute Gasteiger partial charge is 0.319 e. The molecule has 6 nitrogen and oxygen atoms in total. The Hall–Kier alpha value is -3.14. The van der Waals surface area contributed by atoms with Crippen LogP contribution >= 0.6 is 35.0 Å². The van der Waals surface area contributed by atoms with Gasteiger partial charge >= 0.3 is 6.03 Å². The second-order valence-corrected chi connectivity index (χ2v) is 9.27. The zero-order valence-corrected chi connectivity index (χ0v) is 20.7. The molecule has 2 amide bonds. The van der Waals surface area contributed by atoms with Gasteiger partial charge in [-0.05, 0) is 48.4 Å². The highest BCUT2D eigenvalue weighted by Gasteiger charge is 2.18. The van der Waals surface area contributed by atoms with Gasteiger partial charge in [-0.25, -0.2) is 13.6 Å². The standard InChI is InChI=1S/C24H19Cl2F2N5OS/c1-14-4-2-3-5-15(14)13-35-24-32-31-22(33(24)21-9-6-16(25)10-18(21)26)12-29-23(34)30-17-7-8-19(27)20(28)11-17/h2-11H,12-13H2,1H3,(H2,29,30,34). The van der Waals surface area contributed by atoms with E-state index >= 15 is 0 Å². The van der Waals surface area contributed by atoms with E-state index in [0.29, 0.717) is 32.5 Å². The van der Waals surface area contributed by atoms with Gasteiger partial charge in [-0.1, -0.05) is 59.2 Å². The number of nitrogens with zero attached hydrogens (tertiary/aromatic N) is 3. The number of benzene rings is 3. The van der Waals surface area contributed by atoms with E-state index in [1.165, 1.54) is 17.8 Å². The highest BCUT2D eigenvalue weighted by Crippen LogP contribution is 2.31. The molecular formula is C24H19Cl2F2N5OS. The number of carbonyl (C=O) groups excluding carboxylic acids is 1. The van der Waals surface area contributed by atoms with Crippen LogP contribution in [0.25, 0.3) is 5.69 Å². The van der Waals surface area contributed by atoms with Crippen LogP contribution in [-0.4, -0.2) is 20.8 Å². The van der Waals surface area contributed by atoms with Gasteiger partial charge in [-0.3, -0.25) is 4.57 Å². The molecule has 1 aromatic heterocycles. The van der Waals surface area contributed by atoms with E-state index in [1.54, 1.807) is 22.8 Å². The number of amides is 2. The fourth-order valence-corrected chi connectivity index (χ4v) is 4.77. The van der Waals surface area contributed by atoms with Crippen molar-refractivity contribution < 1.29 is 13.6 Å². The highest BCUT2D eigenvalue weighted by molar-refractivity contribution is 7.98. The van der Waals surface area contributed by atoms with Crippen LogP contribution in [0.15, 0.2) is 65.8 Å². The minimum Gasteiger partial charge on any atom is -0.331 e. The second kappa shape index (κ2) is 11.1. The van der Waals surface area contributed by atoms with E-state index in [0.717, 1.165) is 23.3 Å². The van der Waals surface area contributed by atoms with Crippen LogP contribution in [-0.2, 0) is 12.3 Å². The molecule has 0 bridgehead atoms. The maximum atomic E-state index is 13.4. The van der Waals surface area contributed by atoms with Crippen LogP contribution in [0.5, 0.6) is 0 Å². The molecule has 11 heteroatoms. The van der Waals surface area contributed by atoms with Gasteiger partial charge in [0.1, 0.15) is 0 Å². The maximum absolute atomic E-state index is 13.4. The first-order valence-corrected chi connectivity index (χ1v) is 12.1. The minimum atomic E-state index is -1.06. The topological polar surface area (TPSA) is 71.8 Å². The number of thioether (sulfide) groups is 1. The first-order chi connectivity index (χ1) is 16.8. The van der Waals surface area contributed by atoms with Crippen molar-refractivity contribution in [1.29, 1.82) is 0 Å². The molecule has 0 aliphatic heterocycles. The van der Waals surface area contributed by atoms with Crippen molar-refractivity contribution in [1.82, 2.24) is 20.1 Å². The van der Waals surface area contributed by atoms with Gasteiger partial charge < -0.3 is 10.6 Å². The van der Waals surface area contributed by atoms with Crippen LogP contribution < -0.4 is 10.6 Å². The molecule has 3 aromatic carbocycles. The lowest BCUT2D eigenvalue weighted by atomic mass is 10.1. The summed E-state index contributed by atoms with van der Waals surface area (Å²) in [5.41, 5.74) is 3.02. The zero-order chi connectivity index (χ0) is 24.9. The van der Waals surface area contributed by atoms with Crippen LogP contribution in [0.2, 0.25) is 10.0 Å². The number of carbonyl (C=O) groups is 1. The average molecular weight is 534 g/mol. The van der Waals surface area contributed by atoms with Crippen LogP contribution in [0.4, 0.5) is 19.3 Å². The fourth-order valence-electron chi connectivity index (χ4n) is 3.24. The largest absolute Gasteiger partial charge is 0.331 e. The molecule has 0 aliphatic carbocycles. The molecule has 0 saturated carbocycles. The second-order valence-electron chi connectivity index (χ2n) is 7.48. The van der Waals surface area contributed by atoms with Crippen molar-refractivity contribution in [2.24, 2.45) is 0 Å². The van der Waals surface area contributed by atoms with E-state index in [-0.39, 0.29) is 12.2 Å². The van der Waals surface area contributed by atoms with E-state index in [2.05, 4.69) is 20.8 Å². The average Bonchev–Trinajstić information content (AvgIpc) is 3.22. The Labute approximate surface area is 214 Å². The summed E-state index contributed by atoms with van der Waals surface area (Å²) in [4.78, 5) is 12.4. The quantitative estimate of drug-likeness (QED) is 0.257. The lowest BCUT2D eigenvalue weighted by Crippen LogP contribution is -2.29. The van der Waals surface area contributed by atoms with E-state index < -0.39 is 17.7 Å². The molecule has 4 rings (SSSR count). The normalized spacial score (nSPS) is 10.9. The number of hydrogen-bond donors (Lipinski definition) is 2. The van der Waals surface area contributed by atoms with E-state index in [1.807, 2.05) is 31.2 Å². The molecule has 35 heavy (non-hydrogen) atoms. The molecular weight excluding hydrogens is 515 g/mol. The third-order valence-electron chi connectivity index (χ3n) is 5.05. The Kier molecular flexibility index (Phi) is 7.90. The fraction of sp³-hybridized carbons (Fsp3) is 0.125. The number of rotatable bonds is 7. The molecule has 0 fully saturated rings. The third kappa shape index (κ3) is 6.11. The summed E-state index contributed by atoms with van der Waals surface area (Å²) in [5, 5.41) is 15.1. The molecule has 0 aliphatic rings. The predicted octanol–water partition coefficient (Wildman–Crippen LogP) is 6.77. The van der Waals surface area contributed by atoms with Gasteiger partial charge in [0, 0.05) is 22.5 Å². The molecule has 0 spiro atoms. The van der Waals surface area contributed by atoms with Gasteiger partial charge in [0.2, 0.25) is 0 Å². The summed E-state index contributed by atoms with van der Waals surface area (Å²) in [6, 6.07) is 15.6. The Morgan fingerprint density at radius 3 is 2.57 bits per heavy atom. The summed E-state index contributed by atoms with van der Waals surface area (Å²) in [6.07, 6.45) is 0. The molecule has 0 radical (unpaired) electrons. The Morgan fingerprint density at radius 1 is 1.03 bits per heavy atom. The van der Waals surface area contributed by atoms with Gasteiger partial charge in [0.25, 0.3) is 0 Å². The maximum Gasteiger partial charge on any atom is 0.319 e. The molecule has 2 N–H and O–H groups in total. The lowest BCUT2D eigenvalue weighted by Gasteiger charge is -2.13. The Morgan fingerprint density at radius 2 is 1.83 bits per heavy atom. The van der Waals surface area contributed by atoms with Crippen molar-refractivity contribution >= 4 is 46.7 Å². The third-order valence-corrected chi connectivity index (χ3v) is 6.57. The van der Waals surface area contributed by atoms with E-state index in [9.17, 15) is 13.6 Å². The van der Waals surface area contributed by atoms with Crippen molar-refractivity contribution in [2.75, 3.05) is 5.32 Å². The van der Waals surface area contributed by atoms with E-state index in [4.69, 9.17) is 23.2 Å². The predicted molar refractivity (Wildman–Crippen MR) is 134 cm³/mol. The number of nitrogens with one attached hydrogen (secondary N) is 2. The summed E-state index contributed by atoms with van der Waals surface area (Å²) in [5.74, 6) is -0.989. The van der Waals surface area contributed by atoms with Crippen molar-refractivity contribution in [3.8, 4) is 5.69 Å². The molecule has 0 saturated heterocycles. The van der Waals surface area contributed by atoms with Crippen LogP contribution in [0, 0.1) is 18.6 Å². The van der Waals surface area contributed by atoms with Crippen LogP contribution in [0.3, 0.4) is 0 Å². The van der Waals surface area contributed by atoms with Crippen molar-refractivity contribution in [2.45, 2.75) is 24.4 Å². The molecule has 4 aromatic rings. The van der Waals surface area contributed by atoms with Crippen molar-refractivity contribution in [3.63, 3.8) is 0 Å². The van der Waals surface area contributed by atoms with Crippen LogP contribution in [0.1, 0.15) is 17.0 Å². The number of aromatic nitrogens is 3. The lowest BCUT2D eigenvalue weighted by molar-refractivity contribution is 0.251. The van der Waals surface area contributed by atoms with Gasteiger partial charge in [-0.2, -0.15) is 0 Å². The first-order valence-electron chi connectivity index (χ1n) is 10.4. The summed E-state index contributed by atoms with van der Waals surface area (Å²) >= 11 is 14.0. The zero-order valence-electron chi connectivity index (χ0n) is 18.4. The Bertz CT molecular complexity index is 1380. The highest BCUT2D eigenvalue weighted by atomic mass is 35.5. The monoisotopic (exact) mass is 533 g/mol. The summed E-state index contributed by atoms with van der Waals surface area (Å²) in [6.45, 7) is 2.03. The van der Waals surface area contributed by atoms with Gasteiger partial charge in [-0.15, -0.1) is 10.2 Å². The number of halogens is 4. The Balaban J connectivity index is 1.55. The number of hydrogen-bond acceptors (Lipinski definition) is 4. The minimum absolute atomic E-state index is 0.00755. The van der Waals surface area contributed by atoms with Gasteiger partial charge in [0.15, 0.2) is 22.6 Å². The number of urea groups is 1. The molecule has 1 heterocycles. The SMILES string of the molecule is Cc1ccccc1CSc1nnc(CNC(=O)Nc2ccc(F)c(F)c2)n1-c1ccc(Cl)cc1Cl. The summed E-state index contributed by atoms with van der Waals surface area (Å²) in [7, 11) is 0.